The highest BCUT2D eigenvalue weighted by atomic mass is 19.1. The van der Waals surface area contributed by atoms with Crippen molar-refractivity contribution in [3.63, 3.8) is 0 Å². The number of amides is 1. The Bertz CT molecular complexity index is 662. The highest BCUT2D eigenvalue weighted by Crippen LogP contribution is 2.22. The minimum Gasteiger partial charge on any atom is -0.339 e. The first-order valence-electron chi connectivity index (χ1n) is 7.52. The summed E-state index contributed by atoms with van der Waals surface area (Å²) in [7, 11) is 1.94. The average molecular weight is 302 g/mol. The van der Waals surface area contributed by atoms with Crippen LogP contribution < -0.4 is 0 Å². The van der Waals surface area contributed by atoms with Crippen molar-refractivity contribution in [3.05, 3.63) is 47.8 Å². The van der Waals surface area contributed by atoms with Gasteiger partial charge in [0.25, 0.3) is 5.91 Å². The Kier molecular flexibility index (Phi) is 4.18. The maximum atomic E-state index is 13.7. The van der Waals surface area contributed by atoms with E-state index < -0.39 is 5.82 Å². The number of halogens is 1. The Morgan fingerprint density at radius 3 is 2.68 bits per heavy atom. The van der Waals surface area contributed by atoms with E-state index in [-0.39, 0.29) is 11.5 Å². The fraction of sp³-hybridized carbons (Fsp3) is 0.438. The molecule has 6 heteroatoms. The van der Waals surface area contributed by atoms with Crippen molar-refractivity contribution in [1.82, 2.24) is 19.7 Å². The topological polar surface area (TPSA) is 51.0 Å². The van der Waals surface area contributed by atoms with E-state index in [9.17, 15) is 9.18 Å². The first-order valence-corrected chi connectivity index (χ1v) is 7.52. The lowest BCUT2D eigenvalue weighted by molar-refractivity contribution is 0.0685. The van der Waals surface area contributed by atoms with Crippen LogP contribution in [0.3, 0.4) is 0 Å². The number of piperidine rings is 1. The predicted molar refractivity (Wildman–Crippen MR) is 79.7 cm³/mol. The molecule has 3 rings (SSSR count). The molecule has 1 aromatic heterocycles. The highest BCUT2D eigenvalue weighted by Gasteiger charge is 2.25. The Morgan fingerprint density at radius 2 is 2.05 bits per heavy atom. The third kappa shape index (κ3) is 3.00. The van der Waals surface area contributed by atoms with Crippen LogP contribution in [0.1, 0.15) is 29.0 Å². The van der Waals surface area contributed by atoms with Crippen LogP contribution in [0.4, 0.5) is 4.39 Å². The monoisotopic (exact) mass is 302 g/mol. The van der Waals surface area contributed by atoms with E-state index in [0.29, 0.717) is 19.0 Å². The van der Waals surface area contributed by atoms with Gasteiger partial charge >= 0.3 is 0 Å². The number of rotatable bonds is 3. The van der Waals surface area contributed by atoms with Crippen LogP contribution in [0.2, 0.25) is 0 Å². The molecular weight excluding hydrogens is 283 g/mol. The molecule has 1 aliphatic heterocycles. The summed E-state index contributed by atoms with van der Waals surface area (Å²) in [4.78, 5) is 14.1. The van der Waals surface area contributed by atoms with Crippen molar-refractivity contribution in [2.45, 2.75) is 19.3 Å². The van der Waals surface area contributed by atoms with Crippen LogP contribution in [-0.4, -0.2) is 38.7 Å². The zero-order valence-corrected chi connectivity index (χ0v) is 12.6. The molecule has 0 radical (unpaired) electrons. The molecule has 1 fully saturated rings. The summed E-state index contributed by atoms with van der Waals surface area (Å²) in [6.07, 6.45) is 4.39. The minimum atomic E-state index is -0.450. The number of aromatic nitrogens is 3. The van der Waals surface area contributed by atoms with Crippen LogP contribution in [0.5, 0.6) is 0 Å². The Morgan fingerprint density at radius 1 is 1.32 bits per heavy atom. The van der Waals surface area contributed by atoms with Gasteiger partial charge in [-0.25, -0.2) is 4.39 Å². The lowest BCUT2D eigenvalue weighted by atomic mass is 9.93. The fourth-order valence-electron chi connectivity index (χ4n) is 2.90. The van der Waals surface area contributed by atoms with Crippen molar-refractivity contribution in [2.75, 3.05) is 13.1 Å². The summed E-state index contributed by atoms with van der Waals surface area (Å²) in [5, 5.41) is 7.99. The molecule has 22 heavy (non-hydrogen) atoms. The Balaban J connectivity index is 1.59. The molecule has 1 aliphatic rings. The number of carbonyl (C=O) groups is 1. The van der Waals surface area contributed by atoms with Crippen LogP contribution in [0.25, 0.3) is 0 Å². The number of carbonyl (C=O) groups excluding carboxylic acids is 1. The number of hydrogen-bond donors (Lipinski definition) is 0. The number of nitrogens with zero attached hydrogens (tertiary/aromatic N) is 4. The molecular formula is C16H19FN4O. The Labute approximate surface area is 128 Å². The number of aryl methyl sites for hydroxylation is 1. The molecule has 5 nitrogen and oxygen atoms in total. The van der Waals surface area contributed by atoms with E-state index >= 15 is 0 Å². The molecule has 0 N–H and O–H groups in total. The van der Waals surface area contributed by atoms with E-state index in [1.807, 2.05) is 11.6 Å². The van der Waals surface area contributed by atoms with E-state index in [4.69, 9.17) is 0 Å². The zero-order valence-electron chi connectivity index (χ0n) is 12.6. The quantitative estimate of drug-likeness (QED) is 0.872. The van der Waals surface area contributed by atoms with Crippen molar-refractivity contribution in [3.8, 4) is 0 Å². The summed E-state index contributed by atoms with van der Waals surface area (Å²) < 4.78 is 15.6. The van der Waals surface area contributed by atoms with E-state index in [1.165, 1.54) is 6.07 Å². The van der Waals surface area contributed by atoms with Crippen LogP contribution >= 0.6 is 0 Å². The van der Waals surface area contributed by atoms with E-state index in [1.54, 1.807) is 29.4 Å². The molecule has 2 aromatic rings. The summed E-state index contributed by atoms with van der Waals surface area (Å²) in [6.45, 7) is 1.32. The zero-order chi connectivity index (χ0) is 15.5. The van der Waals surface area contributed by atoms with Gasteiger partial charge in [-0.1, -0.05) is 12.1 Å². The van der Waals surface area contributed by atoms with Gasteiger partial charge in [-0.05, 0) is 30.9 Å². The third-order valence-electron chi connectivity index (χ3n) is 4.28. The second kappa shape index (κ2) is 6.25. The number of hydrogen-bond acceptors (Lipinski definition) is 3. The Hall–Kier alpha value is -2.24. The van der Waals surface area contributed by atoms with Crippen LogP contribution in [-0.2, 0) is 13.5 Å². The van der Waals surface area contributed by atoms with Gasteiger partial charge in [0.15, 0.2) is 0 Å². The first kappa shape index (κ1) is 14.7. The third-order valence-corrected chi connectivity index (χ3v) is 4.28. The lowest BCUT2D eigenvalue weighted by Gasteiger charge is -2.32. The maximum Gasteiger partial charge on any atom is 0.256 e. The SMILES string of the molecule is Cn1cnnc1CC1CCN(C(=O)c2ccccc2F)CC1. The standard InChI is InChI=1S/C16H19FN4O/c1-20-11-18-19-15(20)10-12-6-8-21(9-7-12)16(22)13-4-2-3-5-14(13)17/h2-5,11-12H,6-10H2,1H3. The predicted octanol–water partition coefficient (Wildman–Crippen LogP) is 2.05. The molecule has 0 bridgehead atoms. The van der Waals surface area contributed by atoms with Crippen molar-refractivity contribution >= 4 is 5.91 Å². The molecule has 0 atom stereocenters. The number of likely N-dealkylation sites (tertiary alicyclic amines) is 1. The summed E-state index contributed by atoms with van der Waals surface area (Å²) in [5.41, 5.74) is 0.161. The van der Waals surface area contributed by atoms with Crippen molar-refractivity contribution in [1.29, 1.82) is 0 Å². The maximum absolute atomic E-state index is 13.7. The van der Waals surface area contributed by atoms with Gasteiger partial charge in [-0.2, -0.15) is 0 Å². The number of benzene rings is 1. The van der Waals surface area contributed by atoms with Gasteiger partial charge in [-0.15, -0.1) is 10.2 Å². The molecule has 2 heterocycles. The largest absolute Gasteiger partial charge is 0.339 e. The van der Waals surface area contributed by atoms with Crippen LogP contribution in [0, 0.1) is 11.7 Å². The minimum absolute atomic E-state index is 0.161. The lowest BCUT2D eigenvalue weighted by Crippen LogP contribution is -2.39. The molecule has 0 saturated carbocycles. The summed E-state index contributed by atoms with van der Waals surface area (Å²) in [5.74, 6) is 0.801. The first-order chi connectivity index (χ1) is 10.6. The highest BCUT2D eigenvalue weighted by molar-refractivity contribution is 5.94. The molecule has 0 unspecified atom stereocenters. The summed E-state index contributed by atoms with van der Waals surface area (Å²) >= 11 is 0. The van der Waals surface area contributed by atoms with Gasteiger partial charge in [-0.3, -0.25) is 4.79 Å². The molecule has 1 saturated heterocycles. The van der Waals surface area contributed by atoms with Crippen molar-refractivity contribution < 1.29 is 9.18 Å². The van der Waals surface area contributed by atoms with Gasteiger partial charge in [0.2, 0.25) is 0 Å². The normalized spacial score (nSPS) is 16.0. The van der Waals surface area contributed by atoms with Gasteiger partial charge in [0, 0.05) is 26.6 Å². The van der Waals surface area contributed by atoms with E-state index in [0.717, 1.165) is 25.1 Å². The molecule has 1 amide bonds. The van der Waals surface area contributed by atoms with Crippen molar-refractivity contribution in [2.24, 2.45) is 13.0 Å². The molecule has 1 aromatic carbocycles. The second-order valence-corrected chi connectivity index (χ2v) is 5.78. The van der Waals surface area contributed by atoms with Gasteiger partial charge in [0.05, 0.1) is 5.56 Å². The molecule has 0 aliphatic carbocycles. The summed E-state index contributed by atoms with van der Waals surface area (Å²) in [6, 6.07) is 6.16. The average Bonchev–Trinajstić information content (AvgIpc) is 2.93. The van der Waals surface area contributed by atoms with E-state index in [2.05, 4.69) is 10.2 Å². The molecule has 0 spiro atoms. The fourth-order valence-corrected chi connectivity index (χ4v) is 2.90. The van der Waals surface area contributed by atoms with Crippen LogP contribution in [0.15, 0.2) is 30.6 Å². The molecule has 116 valence electrons. The second-order valence-electron chi connectivity index (χ2n) is 5.78. The van der Waals surface area contributed by atoms with Gasteiger partial charge < -0.3 is 9.47 Å². The van der Waals surface area contributed by atoms with Gasteiger partial charge in [0.1, 0.15) is 18.0 Å². The smallest absolute Gasteiger partial charge is 0.256 e.